The molecule has 0 aromatic carbocycles. The molecular weight excluding hydrogens is 378 g/mol. The van der Waals surface area contributed by atoms with Crippen LogP contribution in [0.15, 0.2) is 21.6 Å². The standard InChI is InChI=1S/C13H19BrClN3O2S/c1-3-18-6-4-5-11(18)9-17(2)21(19,20)12-7-10(14)8-16-13(12)15/h7-8,11H,3-6,9H2,1-2H3. The van der Waals surface area contributed by atoms with Crippen molar-refractivity contribution in [3.8, 4) is 0 Å². The molecule has 0 N–H and O–H groups in total. The van der Waals surface area contributed by atoms with E-state index in [4.69, 9.17) is 11.6 Å². The van der Waals surface area contributed by atoms with E-state index in [1.54, 1.807) is 7.05 Å². The highest BCUT2D eigenvalue weighted by Crippen LogP contribution is 2.26. The summed E-state index contributed by atoms with van der Waals surface area (Å²) < 4.78 is 27.3. The van der Waals surface area contributed by atoms with Gasteiger partial charge in [0.1, 0.15) is 10.0 Å². The first-order valence-corrected chi connectivity index (χ1v) is 9.48. The molecular formula is C13H19BrClN3O2S. The summed E-state index contributed by atoms with van der Waals surface area (Å²) in [6, 6.07) is 1.77. The Hall–Kier alpha value is -0.210. The van der Waals surface area contributed by atoms with E-state index in [0.29, 0.717) is 11.0 Å². The first kappa shape index (κ1) is 17.1. The molecule has 1 aliphatic rings. The molecule has 0 spiro atoms. The van der Waals surface area contributed by atoms with E-state index < -0.39 is 10.0 Å². The summed E-state index contributed by atoms with van der Waals surface area (Å²) in [5.74, 6) is 0. The molecule has 1 aliphatic heterocycles. The van der Waals surface area contributed by atoms with Crippen molar-refractivity contribution < 1.29 is 8.42 Å². The molecule has 0 aliphatic carbocycles. The fraction of sp³-hybridized carbons (Fsp3) is 0.615. The topological polar surface area (TPSA) is 53.5 Å². The minimum Gasteiger partial charge on any atom is -0.299 e. The molecule has 8 heteroatoms. The molecule has 0 bridgehead atoms. The van der Waals surface area contributed by atoms with Gasteiger partial charge in [-0.15, -0.1) is 0 Å². The predicted molar refractivity (Wildman–Crippen MR) is 87.0 cm³/mol. The van der Waals surface area contributed by atoms with E-state index in [0.717, 1.165) is 25.9 Å². The van der Waals surface area contributed by atoms with Gasteiger partial charge in [-0.05, 0) is 47.9 Å². The Kier molecular flexibility index (Phi) is 5.65. The van der Waals surface area contributed by atoms with Gasteiger partial charge in [-0.2, -0.15) is 4.31 Å². The van der Waals surface area contributed by atoms with Gasteiger partial charge in [0.15, 0.2) is 0 Å². The van der Waals surface area contributed by atoms with Crippen molar-refractivity contribution in [3.63, 3.8) is 0 Å². The summed E-state index contributed by atoms with van der Waals surface area (Å²) in [5, 5.41) is 0.00354. The van der Waals surface area contributed by atoms with Gasteiger partial charge in [-0.25, -0.2) is 13.4 Å². The molecule has 0 radical (unpaired) electrons. The van der Waals surface area contributed by atoms with Gasteiger partial charge in [-0.3, -0.25) is 4.90 Å². The van der Waals surface area contributed by atoms with Crippen molar-refractivity contribution in [1.29, 1.82) is 0 Å². The van der Waals surface area contributed by atoms with Crippen LogP contribution in [-0.4, -0.2) is 55.3 Å². The molecule has 1 aromatic rings. The summed E-state index contributed by atoms with van der Waals surface area (Å²) in [7, 11) is -2.03. The first-order valence-electron chi connectivity index (χ1n) is 6.87. The summed E-state index contributed by atoms with van der Waals surface area (Å²) in [5.41, 5.74) is 0. The molecule has 21 heavy (non-hydrogen) atoms. The molecule has 1 aromatic heterocycles. The lowest BCUT2D eigenvalue weighted by Crippen LogP contribution is -2.41. The third kappa shape index (κ3) is 3.76. The average Bonchev–Trinajstić information content (AvgIpc) is 2.88. The lowest BCUT2D eigenvalue weighted by Gasteiger charge is -2.27. The van der Waals surface area contributed by atoms with Crippen LogP contribution in [0.1, 0.15) is 19.8 Å². The fourth-order valence-corrected chi connectivity index (χ4v) is 4.79. The van der Waals surface area contributed by atoms with E-state index in [2.05, 4.69) is 32.7 Å². The average molecular weight is 397 g/mol. The second-order valence-electron chi connectivity index (χ2n) is 5.15. The highest BCUT2D eigenvalue weighted by Gasteiger charge is 2.30. The number of likely N-dealkylation sites (tertiary alicyclic amines) is 1. The minimum absolute atomic E-state index is 0.00354. The third-order valence-corrected chi connectivity index (χ3v) is 6.52. The SMILES string of the molecule is CCN1CCCC1CN(C)S(=O)(=O)c1cc(Br)cnc1Cl. The maximum absolute atomic E-state index is 12.7. The van der Waals surface area contributed by atoms with Crippen molar-refractivity contribution in [1.82, 2.24) is 14.2 Å². The molecule has 0 saturated carbocycles. The Balaban J connectivity index is 2.20. The number of rotatable bonds is 5. The molecule has 2 heterocycles. The molecule has 1 saturated heterocycles. The Bertz CT molecular complexity index is 611. The van der Waals surface area contributed by atoms with Crippen LogP contribution in [0.2, 0.25) is 5.15 Å². The molecule has 1 atom stereocenters. The highest BCUT2D eigenvalue weighted by molar-refractivity contribution is 9.10. The second kappa shape index (κ2) is 6.91. The normalized spacial score (nSPS) is 20.3. The highest BCUT2D eigenvalue weighted by atomic mass is 79.9. The largest absolute Gasteiger partial charge is 0.299 e. The molecule has 118 valence electrons. The number of hydrogen-bond acceptors (Lipinski definition) is 4. The molecule has 0 amide bonds. The lowest BCUT2D eigenvalue weighted by molar-refractivity contribution is 0.237. The van der Waals surface area contributed by atoms with E-state index in [1.165, 1.54) is 16.6 Å². The van der Waals surface area contributed by atoms with Crippen molar-refractivity contribution in [2.24, 2.45) is 0 Å². The maximum atomic E-state index is 12.7. The van der Waals surface area contributed by atoms with E-state index in [9.17, 15) is 8.42 Å². The van der Waals surface area contributed by atoms with Gasteiger partial charge in [0.25, 0.3) is 0 Å². The first-order chi connectivity index (χ1) is 9.86. The van der Waals surface area contributed by atoms with Crippen molar-refractivity contribution in [2.75, 3.05) is 26.7 Å². The zero-order valence-electron chi connectivity index (χ0n) is 12.1. The molecule has 1 fully saturated rings. The van der Waals surface area contributed by atoms with Crippen LogP contribution in [0.5, 0.6) is 0 Å². The Morgan fingerprint density at radius 2 is 2.29 bits per heavy atom. The second-order valence-corrected chi connectivity index (χ2v) is 8.44. The lowest BCUT2D eigenvalue weighted by atomic mass is 10.2. The van der Waals surface area contributed by atoms with Gasteiger partial charge in [0.05, 0.1) is 0 Å². The van der Waals surface area contributed by atoms with Crippen molar-refractivity contribution in [3.05, 3.63) is 21.9 Å². The van der Waals surface area contributed by atoms with Gasteiger partial charge >= 0.3 is 0 Å². The molecule has 1 unspecified atom stereocenters. The number of aromatic nitrogens is 1. The third-order valence-electron chi connectivity index (χ3n) is 3.83. The zero-order valence-corrected chi connectivity index (χ0v) is 15.2. The zero-order chi connectivity index (χ0) is 15.6. The Morgan fingerprint density at radius 1 is 1.57 bits per heavy atom. The van der Waals surface area contributed by atoms with Gasteiger partial charge < -0.3 is 0 Å². The number of nitrogens with zero attached hydrogens (tertiary/aromatic N) is 3. The number of hydrogen-bond donors (Lipinski definition) is 0. The van der Waals surface area contributed by atoms with Crippen LogP contribution >= 0.6 is 27.5 Å². The van der Waals surface area contributed by atoms with Crippen LogP contribution in [0.3, 0.4) is 0 Å². The number of sulfonamides is 1. The minimum atomic E-state index is -3.63. The van der Waals surface area contributed by atoms with Crippen LogP contribution < -0.4 is 0 Å². The predicted octanol–water partition coefficient (Wildman–Crippen LogP) is 2.60. The Morgan fingerprint density at radius 3 is 2.95 bits per heavy atom. The van der Waals surface area contributed by atoms with E-state index in [-0.39, 0.29) is 16.1 Å². The maximum Gasteiger partial charge on any atom is 0.245 e. The number of pyridine rings is 1. The van der Waals surface area contributed by atoms with Crippen LogP contribution in [-0.2, 0) is 10.0 Å². The Labute approximate surface area is 139 Å². The fourth-order valence-electron chi connectivity index (χ4n) is 2.67. The molecule has 5 nitrogen and oxygen atoms in total. The van der Waals surface area contributed by atoms with Crippen LogP contribution in [0, 0.1) is 0 Å². The number of halogens is 2. The number of likely N-dealkylation sites (N-methyl/N-ethyl adjacent to an activating group) is 2. The van der Waals surface area contributed by atoms with Gasteiger partial charge in [-0.1, -0.05) is 18.5 Å². The molecule has 2 rings (SSSR count). The summed E-state index contributed by atoms with van der Waals surface area (Å²) >= 11 is 9.18. The summed E-state index contributed by atoms with van der Waals surface area (Å²) in [6.07, 6.45) is 3.63. The smallest absolute Gasteiger partial charge is 0.245 e. The summed E-state index contributed by atoms with van der Waals surface area (Å²) in [4.78, 5) is 6.25. The van der Waals surface area contributed by atoms with Crippen molar-refractivity contribution in [2.45, 2.75) is 30.7 Å². The quantitative estimate of drug-likeness (QED) is 0.718. The van der Waals surface area contributed by atoms with Crippen LogP contribution in [0.4, 0.5) is 0 Å². The van der Waals surface area contributed by atoms with Gasteiger partial charge in [0, 0.05) is 30.3 Å². The van der Waals surface area contributed by atoms with Gasteiger partial charge in [0.2, 0.25) is 10.0 Å². The summed E-state index contributed by atoms with van der Waals surface area (Å²) in [6.45, 7) is 4.55. The van der Waals surface area contributed by atoms with Crippen LogP contribution in [0.25, 0.3) is 0 Å². The van der Waals surface area contributed by atoms with E-state index >= 15 is 0 Å². The monoisotopic (exact) mass is 395 g/mol. The van der Waals surface area contributed by atoms with Crippen molar-refractivity contribution >= 4 is 37.6 Å². The van der Waals surface area contributed by atoms with E-state index in [1.807, 2.05) is 0 Å².